The Labute approximate surface area is 145 Å². The molecule has 0 spiro atoms. The summed E-state index contributed by atoms with van der Waals surface area (Å²) < 4.78 is 61.8. The molecule has 3 rings (SSSR count). The Kier molecular flexibility index (Phi) is 5.11. The van der Waals surface area contributed by atoms with E-state index >= 15 is 0 Å². The van der Waals surface area contributed by atoms with Gasteiger partial charge in [0.15, 0.2) is 17.7 Å². The Balaban J connectivity index is 1.65. The molecule has 0 radical (unpaired) electrons. The molecule has 0 aliphatic carbocycles. The Morgan fingerprint density at radius 2 is 2.15 bits per heavy atom. The summed E-state index contributed by atoms with van der Waals surface area (Å²) in [4.78, 5) is 9.43. The van der Waals surface area contributed by atoms with E-state index < -0.39 is 25.2 Å². The van der Waals surface area contributed by atoms with Crippen LogP contribution in [0.15, 0.2) is 18.5 Å². The lowest BCUT2D eigenvalue weighted by molar-refractivity contribution is -0.136. The summed E-state index contributed by atoms with van der Waals surface area (Å²) in [6.07, 6.45) is 1.37. The van der Waals surface area contributed by atoms with Gasteiger partial charge >= 0.3 is 6.61 Å². The lowest BCUT2D eigenvalue weighted by Crippen LogP contribution is -2.52. The van der Waals surface area contributed by atoms with Crippen molar-refractivity contribution in [2.45, 2.75) is 25.1 Å². The number of rotatable bonds is 6. The third-order valence-corrected chi connectivity index (χ3v) is 3.63. The van der Waals surface area contributed by atoms with Crippen LogP contribution in [0.25, 0.3) is 0 Å². The molecule has 26 heavy (non-hydrogen) atoms. The molecular weight excluding hydrogens is 360 g/mol. The molecule has 1 unspecified atom stereocenters. The third-order valence-electron chi connectivity index (χ3n) is 3.63. The maximum absolute atomic E-state index is 14.0. The van der Waals surface area contributed by atoms with Crippen molar-refractivity contribution in [3.63, 3.8) is 0 Å². The standard InChI is InChI=1S/C14H16F4N6O2/c1-24-3-2-8(14(17,18)7-24)25-12-6-19-5-10(21-12)20-9-4-11(23-22-9)26-13(15)16/h4-6,8,13H,2-3,7H2,1H3,(H2,20,21,22,23). The highest BCUT2D eigenvalue weighted by molar-refractivity contribution is 5.52. The number of aromatic amines is 1. The first-order valence-corrected chi connectivity index (χ1v) is 7.64. The van der Waals surface area contributed by atoms with Crippen LogP contribution < -0.4 is 14.8 Å². The van der Waals surface area contributed by atoms with E-state index in [2.05, 4.69) is 30.2 Å². The van der Waals surface area contributed by atoms with E-state index in [0.717, 1.165) is 0 Å². The molecule has 1 atom stereocenters. The zero-order valence-electron chi connectivity index (χ0n) is 13.6. The molecule has 0 saturated carbocycles. The van der Waals surface area contributed by atoms with Gasteiger partial charge in [0.25, 0.3) is 5.92 Å². The van der Waals surface area contributed by atoms with Gasteiger partial charge in [-0.25, -0.2) is 13.9 Å². The summed E-state index contributed by atoms with van der Waals surface area (Å²) >= 11 is 0. The number of anilines is 2. The molecule has 1 aliphatic rings. The average Bonchev–Trinajstić information content (AvgIpc) is 2.96. The largest absolute Gasteiger partial charge is 0.467 e. The van der Waals surface area contributed by atoms with Gasteiger partial charge in [0.05, 0.1) is 18.9 Å². The smallest absolute Gasteiger partial charge is 0.388 e. The SMILES string of the molecule is CN1CCC(Oc2cncc(Nc3cc(OC(F)F)[nH]n3)n2)C(F)(F)C1. The van der Waals surface area contributed by atoms with Crippen molar-refractivity contribution in [1.29, 1.82) is 0 Å². The molecule has 0 bridgehead atoms. The predicted octanol–water partition coefficient (Wildman–Crippen LogP) is 2.26. The molecule has 2 N–H and O–H groups in total. The summed E-state index contributed by atoms with van der Waals surface area (Å²) in [5.41, 5.74) is 0. The van der Waals surface area contributed by atoms with E-state index in [1.807, 2.05) is 0 Å². The number of aromatic nitrogens is 4. The summed E-state index contributed by atoms with van der Waals surface area (Å²) in [5.74, 6) is -3.05. The summed E-state index contributed by atoms with van der Waals surface area (Å²) in [7, 11) is 1.62. The van der Waals surface area contributed by atoms with E-state index in [1.165, 1.54) is 23.4 Å². The van der Waals surface area contributed by atoms with Crippen molar-refractivity contribution in [3.8, 4) is 11.8 Å². The van der Waals surface area contributed by atoms with Crippen LogP contribution in [0.3, 0.4) is 0 Å². The van der Waals surface area contributed by atoms with E-state index in [4.69, 9.17) is 4.74 Å². The van der Waals surface area contributed by atoms with Gasteiger partial charge in [0.2, 0.25) is 11.8 Å². The van der Waals surface area contributed by atoms with Crippen LogP contribution in [0.2, 0.25) is 0 Å². The number of hydrogen-bond donors (Lipinski definition) is 2. The van der Waals surface area contributed by atoms with Crippen molar-refractivity contribution in [2.24, 2.45) is 0 Å². The Bertz CT molecular complexity index is 744. The van der Waals surface area contributed by atoms with Crippen molar-refractivity contribution < 1.29 is 27.0 Å². The number of halogens is 4. The first-order chi connectivity index (χ1) is 12.3. The van der Waals surface area contributed by atoms with E-state index in [1.54, 1.807) is 7.05 Å². The number of nitrogens with one attached hydrogen (secondary N) is 2. The van der Waals surface area contributed by atoms with Gasteiger partial charge in [0, 0.05) is 19.0 Å². The van der Waals surface area contributed by atoms with Gasteiger partial charge in [-0.05, 0) is 7.05 Å². The summed E-state index contributed by atoms with van der Waals surface area (Å²) in [5, 5.41) is 8.65. The molecule has 1 saturated heterocycles. The first-order valence-electron chi connectivity index (χ1n) is 7.64. The minimum Gasteiger partial charge on any atom is -0.467 e. The highest BCUT2D eigenvalue weighted by Crippen LogP contribution is 2.30. The second-order valence-electron chi connectivity index (χ2n) is 5.76. The van der Waals surface area contributed by atoms with E-state index in [-0.39, 0.29) is 29.8 Å². The Hall–Kier alpha value is -2.63. The van der Waals surface area contributed by atoms with Crippen molar-refractivity contribution in [2.75, 3.05) is 25.5 Å². The molecule has 1 aliphatic heterocycles. The highest BCUT2D eigenvalue weighted by Gasteiger charge is 2.45. The van der Waals surface area contributed by atoms with Gasteiger partial charge < -0.3 is 19.7 Å². The number of H-pyrrole nitrogens is 1. The zero-order valence-corrected chi connectivity index (χ0v) is 13.6. The van der Waals surface area contributed by atoms with Gasteiger partial charge in [-0.2, -0.15) is 18.9 Å². The van der Waals surface area contributed by atoms with Crippen LogP contribution in [-0.4, -0.2) is 63.8 Å². The summed E-state index contributed by atoms with van der Waals surface area (Å²) in [6.45, 7) is -2.91. The fourth-order valence-corrected chi connectivity index (χ4v) is 2.50. The fourth-order valence-electron chi connectivity index (χ4n) is 2.50. The number of likely N-dealkylation sites (tertiary alicyclic amines) is 1. The molecule has 0 aromatic carbocycles. The van der Waals surface area contributed by atoms with E-state index in [9.17, 15) is 17.6 Å². The first kappa shape index (κ1) is 18.2. The minimum absolute atomic E-state index is 0.0798. The predicted molar refractivity (Wildman–Crippen MR) is 82.0 cm³/mol. The number of alkyl halides is 4. The number of nitrogens with zero attached hydrogens (tertiary/aromatic N) is 4. The number of ether oxygens (including phenoxy) is 2. The van der Waals surface area contributed by atoms with Crippen LogP contribution in [0.5, 0.6) is 11.8 Å². The molecular formula is C14H16F4N6O2. The lowest BCUT2D eigenvalue weighted by Gasteiger charge is -2.35. The van der Waals surface area contributed by atoms with Gasteiger partial charge in [-0.15, -0.1) is 0 Å². The molecule has 12 heteroatoms. The van der Waals surface area contributed by atoms with Gasteiger partial charge in [-0.3, -0.25) is 4.98 Å². The molecule has 8 nitrogen and oxygen atoms in total. The quantitative estimate of drug-likeness (QED) is 0.748. The minimum atomic E-state index is -3.01. The number of hydrogen-bond acceptors (Lipinski definition) is 7. The Morgan fingerprint density at radius 3 is 2.88 bits per heavy atom. The summed E-state index contributed by atoms with van der Waals surface area (Å²) in [6, 6.07) is 1.19. The molecule has 142 valence electrons. The van der Waals surface area contributed by atoms with Crippen molar-refractivity contribution in [1.82, 2.24) is 25.1 Å². The molecule has 3 heterocycles. The molecule has 0 amide bonds. The van der Waals surface area contributed by atoms with Crippen LogP contribution in [0.4, 0.5) is 29.2 Å². The second kappa shape index (κ2) is 7.32. The zero-order chi connectivity index (χ0) is 18.7. The molecule has 2 aromatic rings. The lowest BCUT2D eigenvalue weighted by atomic mass is 10.0. The average molecular weight is 376 g/mol. The Morgan fingerprint density at radius 1 is 1.35 bits per heavy atom. The van der Waals surface area contributed by atoms with Crippen LogP contribution in [-0.2, 0) is 0 Å². The number of piperidine rings is 1. The fraction of sp³-hybridized carbons (Fsp3) is 0.500. The third kappa shape index (κ3) is 4.50. The normalized spacial score (nSPS) is 20.2. The van der Waals surface area contributed by atoms with Crippen molar-refractivity contribution >= 4 is 11.6 Å². The van der Waals surface area contributed by atoms with Gasteiger partial charge in [0.1, 0.15) is 0 Å². The van der Waals surface area contributed by atoms with Gasteiger partial charge in [-0.1, -0.05) is 0 Å². The van der Waals surface area contributed by atoms with Crippen LogP contribution >= 0.6 is 0 Å². The molecule has 2 aromatic heterocycles. The van der Waals surface area contributed by atoms with Crippen LogP contribution in [0.1, 0.15) is 6.42 Å². The monoisotopic (exact) mass is 376 g/mol. The van der Waals surface area contributed by atoms with Crippen molar-refractivity contribution in [3.05, 3.63) is 18.5 Å². The molecule has 1 fully saturated rings. The van der Waals surface area contributed by atoms with Crippen LogP contribution in [0, 0.1) is 0 Å². The van der Waals surface area contributed by atoms with E-state index in [0.29, 0.717) is 6.54 Å². The maximum atomic E-state index is 14.0. The second-order valence-corrected chi connectivity index (χ2v) is 5.76. The topological polar surface area (TPSA) is 88.2 Å². The highest BCUT2D eigenvalue weighted by atomic mass is 19.3. The maximum Gasteiger partial charge on any atom is 0.388 e.